The molecule has 2 aliphatic heterocycles. The third-order valence-electron chi connectivity index (χ3n) is 4.90. The van der Waals surface area contributed by atoms with Gasteiger partial charge in [0.25, 0.3) is 5.91 Å². The Morgan fingerprint density at radius 3 is 2.55 bits per heavy atom. The first kappa shape index (κ1) is 20.1. The Balaban J connectivity index is 1.61. The summed E-state index contributed by atoms with van der Waals surface area (Å²) >= 11 is 13.8. The second-order valence-electron chi connectivity index (χ2n) is 6.81. The number of imide groups is 1. The summed E-state index contributed by atoms with van der Waals surface area (Å²) in [6.45, 7) is 0.419. The molecule has 1 fully saturated rings. The van der Waals surface area contributed by atoms with Gasteiger partial charge >= 0.3 is 6.03 Å². The Morgan fingerprint density at radius 1 is 1.10 bits per heavy atom. The molecular weight excluding hydrogens is 431 g/mol. The number of hydrogen-bond donors (Lipinski definition) is 1. The number of benzene rings is 2. The Labute approximate surface area is 182 Å². The van der Waals surface area contributed by atoms with Crippen molar-refractivity contribution >= 4 is 52.1 Å². The van der Waals surface area contributed by atoms with E-state index in [0.717, 1.165) is 11.1 Å². The third kappa shape index (κ3) is 4.08. The number of carbonyl (C=O) groups is 2. The molecule has 3 amide bonds. The summed E-state index contributed by atoms with van der Waals surface area (Å²) in [6, 6.07) is 14.1. The summed E-state index contributed by atoms with van der Waals surface area (Å²) in [5, 5.41) is 4.41. The molecule has 150 valence electrons. The molecular formula is C20H18Cl2N4O2S. The lowest BCUT2D eigenvalue weighted by Crippen LogP contribution is -2.63. The van der Waals surface area contributed by atoms with E-state index in [1.54, 1.807) is 7.05 Å². The normalized spacial score (nSPS) is 21.1. The van der Waals surface area contributed by atoms with Gasteiger partial charge in [0.15, 0.2) is 17.4 Å². The minimum Gasteiger partial charge on any atom is -0.331 e. The highest BCUT2D eigenvalue weighted by Gasteiger charge is 2.48. The van der Waals surface area contributed by atoms with Crippen LogP contribution in [0.5, 0.6) is 0 Å². The molecule has 0 bridgehead atoms. The SMILES string of the molecule is CN1C(=O)NC(=O)C2C1N=C(SCc1ccc(Cl)cc1)N2Cc1ccccc1Cl. The Hall–Kier alpha value is -2.22. The van der Waals surface area contributed by atoms with Crippen LogP contribution < -0.4 is 5.32 Å². The minimum absolute atomic E-state index is 0.351. The van der Waals surface area contributed by atoms with Crippen LogP contribution in [0.4, 0.5) is 4.79 Å². The van der Waals surface area contributed by atoms with Crippen molar-refractivity contribution in [3.05, 3.63) is 69.7 Å². The van der Waals surface area contributed by atoms with Crippen LogP contribution in [0.3, 0.4) is 0 Å². The molecule has 2 unspecified atom stereocenters. The molecule has 9 heteroatoms. The quantitative estimate of drug-likeness (QED) is 0.767. The van der Waals surface area contributed by atoms with Gasteiger partial charge in [0.1, 0.15) is 0 Å². The summed E-state index contributed by atoms with van der Waals surface area (Å²) in [5.74, 6) is 0.310. The summed E-state index contributed by atoms with van der Waals surface area (Å²) in [7, 11) is 1.64. The smallest absolute Gasteiger partial charge is 0.325 e. The number of hydrogen-bond acceptors (Lipinski definition) is 5. The highest BCUT2D eigenvalue weighted by Crippen LogP contribution is 2.32. The average molecular weight is 449 g/mol. The van der Waals surface area contributed by atoms with Crippen molar-refractivity contribution in [2.24, 2.45) is 4.99 Å². The number of amidine groups is 1. The Kier molecular flexibility index (Phi) is 5.72. The predicted octanol–water partition coefficient (Wildman–Crippen LogP) is 3.97. The molecule has 1 saturated heterocycles. The lowest BCUT2D eigenvalue weighted by atomic mass is 10.1. The van der Waals surface area contributed by atoms with Crippen LogP contribution in [0.15, 0.2) is 53.5 Å². The van der Waals surface area contributed by atoms with E-state index >= 15 is 0 Å². The van der Waals surface area contributed by atoms with E-state index in [1.165, 1.54) is 16.7 Å². The number of carbonyl (C=O) groups excluding carboxylic acids is 2. The van der Waals surface area contributed by atoms with E-state index in [1.807, 2.05) is 53.4 Å². The first-order valence-corrected chi connectivity index (χ1v) is 10.7. The van der Waals surface area contributed by atoms with Gasteiger partial charge in [-0.05, 0) is 29.3 Å². The van der Waals surface area contributed by atoms with Crippen molar-refractivity contribution in [3.8, 4) is 0 Å². The van der Waals surface area contributed by atoms with E-state index < -0.39 is 18.2 Å². The number of likely N-dealkylation sites (N-methyl/N-ethyl adjacent to an activating group) is 1. The van der Waals surface area contributed by atoms with Gasteiger partial charge in [-0.25, -0.2) is 9.79 Å². The number of fused-ring (bicyclic) bond motifs is 1. The fraction of sp³-hybridized carbons (Fsp3) is 0.250. The molecule has 2 aliphatic rings. The Bertz CT molecular complexity index is 983. The van der Waals surface area contributed by atoms with E-state index in [9.17, 15) is 9.59 Å². The maximum atomic E-state index is 12.6. The number of nitrogens with one attached hydrogen (secondary N) is 1. The first-order chi connectivity index (χ1) is 13.9. The number of aliphatic imine (C=N–C) groups is 1. The molecule has 6 nitrogen and oxygen atoms in total. The van der Waals surface area contributed by atoms with Crippen molar-refractivity contribution in [3.63, 3.8) is 0 Å². The topological polar surface area (TPSA) is 65.0 Å². The molecule has 0 radical (unpaired) electrons. The molecule has 29 heavy (non-hydrogen) atoms. The van der Waals surface area contributed by atoms with Gasteiger partial charge in [0.2, 0.25) is 0 Å². The second kappa shape index (κ2) is 8.26. The van der Waals surface area contributed by atoms with Gasteiger partial charge in [0, 0.05) is 29.4 Å². The zero-order valence-electron chi connectivity index (χ0n) is 15.5. The zero-order valence-corrected chi connectivity index (χ0v) is 17.8. The molecule has 0 saturated carbocycles. The fourth-order valence-corrected chi connectivity index (χ4v) is 4.66. The number of thioether (sulfide) groups is 1. The lowest BCUT2D eigenvalue weighted by Gasteiger charge is -2.36. The highest BCUT2D eigenvalue weighted by molar-refractivity contribution is 8.13. The number of amides is 3. The molecule has 1 N–H and O–H groups in total. The summed E-state index contributed by atoms with van der Waals surface area (Å²) < 4.78 is 0. The average Bonchev–Trinajstić information content (AvgIpc) is 3.06. The molecule has 2 atom stereocenters. The molecule has 2 heterocycles. The van der Waals surface area contributed by atoms with Crippen LogP contribution >= 0.6 is 35.0 Å². The third-order valence-corrected chi connectivity index (χ3v) is 6.60. The van der Waals surface area contributed by atoms with Gasteiger partial charge in [0.05, 0.1) is 0 Å². The van der Waals surface area contributed by atoms with Crippen LogP contribution in [-0.4, -0.2) is 46.2 Å². The van der Waals surface area contributed by atoms with Gasteiger partial charge in [-0.1, -0.05) is 65.3 Å². The standard InChI is InChI=1S/C20H18Cl2N4O2S/c1-25-17-16(18(27)24-19(25)28)26(10-13-4-2-3-5-15(13)22)20(23-17)29-11-12-6-8-14(21)9-7-12/h2-9,16-17H,10-11H2,1H3,(H,24,27,28). The number of nitrogens with zero attached hydrogens (tertiary/aromatic N) is 3. The van der Waals surface area contributed by atoms with Gasteiger partial charge < -0.3 is 9.80 Å². The largest absolute Gasteiger partial charge is 0.331 e. The fourth-order valence-electron chi connectivity index (χ4n) is 3.33. The van der Waals surface area contributed by atoms with Crippen molar-refractivity contribution in [2.45, 2.75) is 24.5 Å². The van der Waals surface area contributed by atoms with E-state index in [4.69, 9.17) is 28.2 Å². The van der Waals surface area contributed by atoms with Crippen LogP contribution in [-0.2, 0) is 17.1 Å². The van der Waals surface area contributed by atoms with Crippen molar-refractivity contribution < 1.29 is 9.59 Å². The Morgan fingerprint density at radius 2 is 1.83 bits per heavy atom. The number of rotatable bonds is 4. The zero-order chi connectivity index (χ0) is 20.5. The first-order valence-electron chi connectivity index (χ1n) is 8.97. The van der Waals surface area contributed by atoms with Crippen molar-refractivity contribution in [1.29, 1.82) is 0 Å². The predicted molar refractivity (Wildman–Crippen MR) is 116 cm³/mol. The highest BCUT2D eigenvalue weighted by atomic mass is 35.5. The van der Waals surface area contributed by atoms with Gasteiger partial charge in [-0.15, -0.1) is 0 Å². The van der Waals surface area contributed by atoms with E-state index in [2.05, 4.69) is 5.32 Å². The molecule has 2 aromatic rings. The number of halogens is 2. The molecule has 4 rings (SSSR count). The van der Waals surface area contributed by atoms with Crippen LogP contribution in [0.25, 0.3) is 0 Å². The van der Waals surface area contributed by atoms with E-state index in [-0.39, 0.29) is 5.91 Å². The van der Waals surface area contributed by atoms with Gasteiger partial charge in [-0.2, -0.15) is 0 Å². The molecule has 0 spiro atoms. The lowest BCUT2D eigenvalue weighted by molar-refractivity contribution is -0.127. The maximum absolute atomic E-state index is 12.6. The molecule has 2 aromatic carbocycles. The van der Waals surface area contributed by atoms with Crippen LogP contribution in [0.2, 0.25) is 10.0 Å². The second-order valence-corrected chi connectivity index (χ2v) is 8.60. The molecule has 0 aromatic heterocycles. The summed E-state index contributed by atoms with van der Waals surface area (Å²) in [5.41, 5.74) is 1.98. The molecule has 0 aliphatic carbocycles. The monoisotopic (exact) mass is 448 g/mol. The number of urea groups is 1. The summed E-state index contributed by atoms with van der Waals surface area (Å²) in [4.78, 5) is 32.8. The van der Waals surface area contributed by atoms with Crippen LogP contribution in [0.1, 0.15) is 11.1 Å². The van der Waals surface area contributed by atoms with E-state index in [0.29, 0.717) is 27.5 Å². The van der Waals surface area contributed by atoms with Crippen LogP contribution in [0, 0.1) is 0 Å². The van der Waals surface area contributed by atoms with Crippen molar-refractivity contribution in [1.82, 2.24) is 15.1 Å². The maximum Gasteiger partial charge on any atom is 0.325 e. The summed E-state index contributed by atoms with van der Waals surface area (Å²) in [6.07, 6.45) is -0.563. The van der Waals surface area contributed by atoms with Gasteiger partial charge in [-0.3, -0.25) is 10.1 Å². The van der Waals surface area contributed by atoms with Crippen molar-refractivity contribution in [2.75, 3.05) is 7.05 Å². The minimum atomic E-state index is -0.596.